The van der Waals surface area contributed by atoms with Crippen LogP contribution in [0.4, 0.5) is 0 Å². The maximum Gasteiger partial charge on any atom is 0.290 e. The van der Waals surface area contributed by atoms with Crippen molar-refractivity contribution in [3.05, 3.63) is 79.7 Å². The van der Waals surface area contributed by atoms with Crippen molar-refractivity contribution < 1.29 is 14.3 Å². The van der Waals surface area contributed by atoms with Crippen molar-refractivity contribution in [2.45, 2.75) is 39.2 Å². The van der Waals surface area contributed by atoms with Crippen molar-refractivity contribution in [3.63, 3.8) is 0 Å². The number of rotatable bonds is 5. The highest BCUT2D eigenvalue weighted by molar-refractivity contribution is 6.32. The van der Waals surface area contributed by atoms with Crippen LogP contribution in [-0.4, -0.2) is 29.1 Å². The van der Waals surface area contributed by atoms with E-state index < -0.39 is 6.04 Å². The molecule has 0 aliphatic carbocycles. The van der Waals surface area contributed by atoms with E-state index in [4.69, 9.17) is 16.0 Å². The Labute approximate surface area is 179 Å². The molecular weight excluding hydrogens is 402 g/mol. The van der Waals surface area contributed by atoms with E-state index in [2.05, 4.69) is 13.8 Å². The van der Waals surface area contributed by atoms with Gasteiger partial charge in [0.15, 0.2) is 5.43 Å². The number of fused-ring (bicyclic) bond motifs is 2. The average molecular weight is 426 g/mol. The monoisotopic (exact) mass is 425 g/mol. The van der Waals surface area contributed by atoms with E-state index in [-0.39, 0.29) is 23.7 Å². The predicted octanol–water partition coefficient (Wildman–Crippen LogP) is 4.81. The van der Waals surface area contributed by atoms with Gasteiger partial charge >= 0.3 is 0 Å². The summed E-state index contributed by atoms with van der Waals surface area (Å²) >= 11 is 6.25. The van der Waals surface area contributed by atoms with Gasteiger partial charge in [-0.2, -0.15) is 0 Å². The van der Waals surface area contributed by atoms with Gasteiger partial charge in [-0.15, -0.1) is 0 Å². The molecule has 0 fully saturated rings. The molecule has 0 spiro atoms. The smallest absolute Gasteiger partial charge is 0.290 e. The third-order valence-corrected chi connectivity index (χ3v) is 6.13. The standard InChI is InChI=1S/C24H24ClNO4/c1-13(2)15-5-7-16(8-6-15)21-20-22(28)17-12-18(25)14(3)11-19(17)30-23(20)24(29)26(21)9-4-10-27/h5-8,11-13,21,27H,4,9-10H2,1-3H3. The molecule has 1 unspecified atom stereocenters. The number of hydrogen-bond donors (Lipinski definition) is 1. The average Bonchev–Trinajstić information content (AvgIpc) is 3.00. The van der Waals surface area contributed by atoms with Crippen LogP contribution in [0, 0.1) is 6.92 Å². The summed E-state index contributed by atoms with van der Waals surface area (Å²) < 4.78 is 5.94. The Hall–Kier alpha value is -2.63. The molecular formula is C24H24ClNO4. The molecule has 1 aliphatic heterocycles. The van der Waals surface area contributed by atoms with Gasteiger partial charge in [0.25, 0.3) is 5.91 Å². The second kappa shape index (κ2) is 7.89. The van der Waals surface area contributed by atoms with Gasteiger partial charge in [0.1, 0.15) is 5.58 Å². The number of halogens is 1. The number of carbonyl (C=O) groups is 1. The summed E-state index contributed by atoms with van der Waals surface area (Å²) in [4.78, 5) is 28.3. The van der Waals surface area contributed by atoms with Crippen LogP contribution in [0.3, 0.4) is 0 Å². The van der Waals surface area contributed by atoms with E-state index >= 15 is 0 Å². The molecule has 1 N–H and O–H groups in total. The zero-order valence-corrected chi connectivity index (χ0v) is 18.0. The van der Waals surface area contributed by atoms with Crippen molar-refractivity contribution in [1.29, 1.82) is 0 Å². The van der Waals surface area contributed by atoms with Gasteiger partial charge in [-0.1, -0.05) is 49.7 Å². The van der Waals surface area contributed by atoms with Crippen molar-refractivity contribution in [2.24, 2.45) is 0 Å². The Bertz CT molecular complexity index is 1180. The first kappa shape index (κ1) is 20.6. The number of aliphatic hydroxyl groups is 1. The van der Waals surface area contributed by atoms with Crippen LogP contribution in [0.1, 0.15) is 65.0 Å². The summed E-state index contributed by atoms with van der Waals surface area (Å²) in [7, 11) is 0. The lowest BCUT2D eigenvalue weighted by Gasteiger charge is -2.25. The Balaban J connectivity index is 1.94. The van der Waals surface area contributed by atoms with Crippen molar-refractivity contribution in [1.82, 2.24) is 4.90 Å². The lowest BCUT2D eigenvalue weighted by Crippen LogP contribution is -2.31. The quantitative estimate of drug-likeness (QED) is 0.637. The summed E-state index contributed by atoms with van der Waals surface area (Å²) in [5, 5.41) is 10.2. The summed E-state index contributed by atoms with van der Waals surface area (Å²) in [6, 6.07) is 10.7. The Kier molecular flexibility index (Phi) is 5.43. The zero-order valence-electron chi connectivity index (χ0n) is 17.2. The van der Waals surface area contributed by atoms with E-state index in [0.29, 0.717) is 40.4 Å². The van der Waals surface area contributed by atoms with Gasteiger partial charge in [-0.3, -0.25) is 9.59 Å². The fourth-order valence-electron chi connectivity index (χ4n) is 4.02. The molecule has 0 saturated carbocycles. The van der Waals surface area contributed by atoms with E-state index in [1.165, 1.54) is 5.56 Å². The summed E-state index contributed by atoms with van der Waals surface area (Å²) in [5.41, 5.74) is 3.24. The first-order valence-corrected chi connectivity index (χ1v) is 10.5. The Morgan fingerprint density at radius 3 is 2.50 bits per heavy atom. The molecule has 5 nitrogen and oxygen atoms in total. The molecule has 0 bridgehead atoms. The summed E-state index contributed by atoms with van der Waals surface area (Å²) in [5.74, 6) is 0.120. The Morgan fingerprint density at radius 1 is 1.17 bits per heavy atom. The van der Waals surface area contributed by atoms with Gasteiger partial charge in [-0.25, -0.2) is 0 Å². The highest BCUT2D eigenvalue weighted by Crippen LogP contribution is 2.39. The van der Waals surface area contributed by atoms with E-state index in [9.17, 15) is 14.7 Å². The van der Waals surface area contributed by atoms with Crippen LogP contribution in [0.25, 0.3) is 11.0 Å². The number of benzene rings is 2. The topological polar surface area (TPSA) is 70.8 Å². The van der Waals surface area contributed by atoms with Crippen LogP contribution < -0.4 is 5.43 Å². The highest BCUT2D eigenvalue weighted by Gasteiger charge is 2.42. The van der Waals surface area contributed by atoms with Crippen LogP contribution in [0.5, 0.6) is 0 Å². The molecule has 30 heavy (non-hydrogen) atoms. The van der Waals surface area contributed by atoms with Crippen molar-refractivity contribution in [3.8, 4) is 0 Å². The van der Waals surface area contributed by atoms with Gasteiger partial charge in [0.2, 0.25) is 5.76 Å². The number of nitrogens with zero attached hydrogens (tertiary/aromatic N) is 1. The zero-order chi connectivity index (χ0) is 21.6. The first-order valence-electron chi connectivity index (χ1n) is 10.1. The third-order valence-electron chi connectivity index (χ3n) is 5.72. The number of carbonyl (C=O) groups excluding carboxylic acids is 1. The molecule has 1 aromatic heterocycles. The Morgan fingerprint density at radius 2 is 1.87 bits per heavy atom. The third kappa shape index (κ3) is 3.32. The molecule has 1 amide bonds. The SMILES string of the molecule is Cc1cc2oc3c(c(=O)c2cc1Cl)C(c1ccc(C(C)C)cc1)N(CCCO)C3=O. The van der Waals surface area contributed by atoms with Crippen LogP contribution >= 0.6 is 11.6 Å². The predicted molar refractivity (Wildman–Crippen MR) is 117 cm³/mol. The minimum atomic E-state index is -0.555. The normalized spacial score (nSPS) is 16.0. The fraction of sp³-hybridized carbons (Fsp3) is 0.333. The van der Waals surface area contributed by atoms with E-state index in [1.54, 1.807) is 17.0 Å². The molecule has 0 saturated heterocycles. The minimum Gasteiger partial charge on any atom is -0.450 e. The number of aryl methyl sites for hydroxylation is 1. The number of amides is 1. The minimum absolute atomic E-state index is 0.0444. The molecule has 0 radical (unpaired) electrons. The number of hydrogen-bond acceptors (Lipinski definition) is 4. The maximum absolute atomic E-state index is 13.5. The molecule has 1 aliphatic rings. The van der Waals surface area contributed by atoms with Crippen LogP contribution in [-0.2, 0) is 0 Å². The molecule has 1 atom stereocenters. The van der Waals surface area contributed by atoms with Crippen molar-refractivity contribution >= 4 is 28.5 Å². The number of aliphatic hydroxyl groups excluding tert-OH is 1. The largest absolute Gasteiger partial charge is 0.450 e. The molecule has 3 aromatic rings. The molecule has 6 heteroatoms. The second-order valence-electron chi connectivity index (χ2n) is 8.07. The van der Waals surface area contributed by atoms with E-state index in [0.717, 1.165) is 11.1 Å². The van der Waals surface area contributed by atoms with Gasteiger partial charge in [0, 0.05) is 18.2 Å². The lowest BCUT2D eigenvalue weighted by molar-refractivity contribution is 0.0716. The first-order chi connectivity index (χ1) is 14.3. The van der Waals surface area contributed by atoms with Gasteiger partial charge in [0.05, 0.1) is 17.0 Å². The highest BCUT2D eigenvalue weighted by atomic mass is 35.5. The lowest BCUT2D eigenvalue weighted by atomic mass is 9.95. The van der Waals surface area contributed by atoms with Gasteiger partial charge in [-0.05, 0) is 48.1 Å². The molecule has 2 aromatic carbocycles. The molecule has 2 heterocycles. The van der Waals surface area contributed by atoms with Gasteiger partial charge < -0.3 is 14.4 Å². The van der Waals surface area contributed by atoms with E-state index in [1.807, 2.05) is 31.2 Å². The van der Waals surface area contributed by atoms with Crippen molar-refractivity contribution in [2.75, 3.05) is 13.2 Å². The molecule has 4 rings (SSSR count). The maximum atomic E-state index is 13.5. The fourth-order valence-corrected chi connectivity index (χ4v) is 4.19. The van der Waals surface area contributed by atoms with Crippen LogP contribution in [0.2, 0.25) is 5.02 Å². The summed E-state index contributed by atoms with van der Waals surface area (Å²) in [6.07, 6.45) is 0.416. The molecule has 156 valence electrons. The second-order valence-corrected chi connectivity index (χ2v) is 8.48. The summed E-state index contributed by atoms with van der Waals surface area (Å²) in [6.45, 7) is 6.33. The van der Waals surface area contributed by atoms with Crippen LogP contribution in [0.15, 0.2) is 45.6 Å².